The van der Waals surface area contributed by atoms with Crippen LogP contribution in [0.1, 0.15) is 40.0 Å². The molecule has 1 unspecified atom stereocenters. The number of aromatic nitrogens is 2. The zero-order valence-corrected chi connectivity index (χ0v) is 13.3. The summed E-state index contributed by atoms with van der Waals surface area (Å²) in [6, 6.07) is 4.18. The number of rotatable bonds is 1. The number of nitrogens with zero attached hydrogens (tertiary/aromatic N) is 2. The Kier molecular flexibility index (Phi) is 3.56. The lowest BCUT2D eigenvalue weighted by atomic mass is 9.77. The Morgan fingerprint density at radius 3 is 2.81 bits per heavy atom. The van der Waals surface area contributed by atoms with E-state index < -0.39 is 0 Å². The second kappa shape index (κ2) is 5.24. The predicted molar refractivity (Wildman–Crippen MR) is 89.5 cm³/mol. The van der Waals surface area contributed by atoms with Crippen LogP contribution in [-0.4, -0.2) is 23.3 Å². The summed E-state index contributed by atoms with van der Waals surface area (Å²) in [6.45, 7) is 9.26. The van der Waals surface area contributed by atoms with Gasteiger partial charge in [0.2, 0.25) is 0 Å². The van der Waals surface area contributed by atoms with Crippen molar-refractivity contribution in [3.8, 4) is 0 Å². The molecule has 1 aliphatic heterocycles. The van der Waals surface area contributed by atoms with Crippen molar-refractivity contribution in [2.75, 3.05) is 23.7 Å². The third-order valence-electron chi connectivity index (χ3n) is 4.88. The maximum absolute atomic E-state index is 6.26. The SMILES string of the molecule is CC(C)(C)C1CCCN(c2cc3[nH]ncc3cc2N)CC1. The summed E-state index contributed by atoms with van der Waals surface area (Å²) in [6.07, 6.45) is 5.62. The highest BCUT2D eigenvalue weighted by Gasteiger charge is 2.27. The van der Waals surface area contributed by atoms with Crippen LogP contribution in [0.4, 0.5) is 11.4 Å². The second-order valence-electron chi connectivity index (χ2n) is 7.35. The van der Waals surface area contributed by atoms with Crippen LogP contribution in [0.15, 0.2) is 18.3 Å². The number of anilines is 2. The van der Waals surface area contributed by atoms with Gasteiger partial charge in [0.25, 0.3) is 0 Å². The first kappa shape index (κ1) is 14.2. The van der Waals surface area contributed by atoms with E-state index in [1.165, 1.54) is 19.3 Å². The summed E-state index contributed by atoms with van der Waals surface area (Å²) in [5.41, 5.74) is 9.74. The molecule has 2 heterocycles. The smallest absolute Gasteiger partial charge is 0.0672 e. The minimum Gasteiger partial charge on any atom is -0.397 e. The van der Waals surface area contributed by atoms with Gasteiger partial charge in [0.05, 0.1) is 23.1 Å². The summed E-state index contributed by atoms with van der Waals surface area (Å²) in [7, 11) is 0. The van der Waals surface area contributed by atoms with E-state index in [-0.39, 0.29) is 0 Å². The molecule has 0 radical (unpaired) electrons. The molecule has 21 heavy (non-hydrogen) atoms. The predicted octanol–water partition coefficient (Wildman–Crippen LogP) is 3.80. The first-order valence-electron chi connectivity index (χ1n) is 7.93. The van der Waals surface area contributed by atoms with Crippen molar-refractivity contribution in [2.24, 2.45) is 11.3 Å². The van der Waals surface area contributed by atoms with Gasteiger partial charge in [0, 0.05) is 18.5 Å². The summed E-state index contributed by atoms with van der Waals surface area (Å²) in [4.78, 5) is 2.45. The zero-order valence-electron chi connectivity index (χ0n) is 13.3. The molecule has 0 spiro atoms. The van der Waals surface area contributed by atoms with Crippen molar-refractivity contribution in [1.29, 1.82) is 0 Å². The van der Waals surface area contributed by atoms with E-state index >= 15 is 0 Å². The molecule has 1 aromatic carbocycles. The van der Waals surface area contributed by atoms with Crippen LogP contribution in [0.5, 0.6) is 0 Å². The average Bonchev–Trinajstić information content (AvgIpc) is 2.70. The number of H-pyrrole nitrogens is 1. The van der Waals surface area contributed by atoms with E-state index in [0.29, 0.717) is 5.41 Å². The molecule has 3 N–H and O–H groups in total. The maximum atomic E-state index is 6.26. The Morgan fingerprint density at radius 1 is 1.24 bits per heavy atom. The van der Waals surface area contributed by atoms with Gasteiger partial charge in [-0.15, -0.1) is 0 Å². The molecule has 1 fully saturated rings. The molecular weight excluding hydrogens is 260 g/mol. The molecule has 1 atom stereocenters. The highest BCUT2D eigenvalue weighted by Crippen LogP contribution is 2.36. The topological polar surface area (TPSA) is 57.9 Å². The summed E-state index contributed by atoms with van der Waals surface area (Å²) >= 11 is 0. The third kappa shape index (κ3) is 2.85. The van der Waals surface area contributed by atoms with Crippen molar-refractivity contribution >= 4 is 22.3 Å². The summed E-state index contributed by atoms with van der Waals surface area (Å²) < 4.78 is 0. The molecule has 1 saturated heterocycles. The van der Waals surface area contributed by atoms with Gasteiger partial charge in [-0.2, -0.15) is 5.10 Å². The third-order valence-corrected chi connectivity index (χ3v) is 4.88. The van der Waals surface area contributed by atoms with Crippen molar-refractivity contribution in [3.05, 3.63) is 18.3 Å². The Morgan fingerprint density at radius 2 is 2.05 bits per heavy atom. The molecule has 0 aliphatic carbocycles. The van der Waals surface area contributed by atoms with Gasteiger partial charge in [-0.25, -0.2) is 0 Å². The van der Waals surface area contributed by atoms with Crippen LogP contribution in [-0.2, 0) is 0 Å². The normalized spacial score (nSPS) is 20.7. The number of fused-ring (bicyclic) bond motifs is 1. The van der Waals surface area contributed by atoms with E-state index in [1.807, 2.05) is 12.3 Å². The molecule has 4 nitrogen and oxygen atoms in total. The highest BCUT2D eigenvalue weighted by molar-refractivity contribution is 5.88. The number of benzene rings is 1. The molecule has 114 valence electrons. The van der Waals surface area contributed by atoms with Crippen molar-refractivity contribution in [2.45, 2.75) is 40.0 Å². The molecule has 0 saturated carbocycles. The fourth-order valence-electron chi connectivity index (χ4n) is 3.47. The molecule has 1 aromatic heterocycles. The molecule has 0 amide bonds. The minimum atomic E-state index is 0.398. The first-order valence-corrected chi connectivity index (χ1v) is 7.93. The molecule has 0 bridgehead atoms. The fourth-order valence-corrected chi connectivity index (χ4v) is 3.47. The number of nitrogens with two attached hydrogens (primary N) is 1. The van der Waals surface area contributed by atoms with Gasteiger partial charge in [0.1, 0.15) is 0 Å². The summed E-state index contributed by atoms with van der Waals surface area (Å²) in [5.74, 6) is 0.791. The van der Waals surface area contributed by atoms with Crippen LogP contribution < -0.4 is 10.6 Å². The van der Waals surface area contributed by atoms with E-state index in [2.05, 4.69) is 41.9 Å². The number of hydrogen-bond donors (Lipinski definition) is 2. The Balaban J connectivity index is 1.84. The largest absolute Gasteiger partial charge is 0.397 e. The van der Waals surface area contributed by atoms with Crippen molar-refractivity contribution < 1.29 is 0 Å². The molecule has 2 aromatic rings. The molecule has 4 heteroatoms. The van der Waals surface area contributed by atoms with Crippen LogP contribution in [0.25, 0.3) is 10.9 Å². The average molecular weight is 286 g/mol. The van der Waals surface area contributed by atoms with Crippen LogP contribution in [0, 0.1) is 11.3 Å². The van der Waals surface area contributed by atoms with Gasteiger partial charge in [0.15, 0.2) is 0 Å². The number of aromatic amines is 1. The number of nitrogen functional groups attached to an aromatic ring is 1. The first-order chi connectivity index (χ1) is 9.95. The Hall–Kier alpha value is -1.71. The van der Waals surface area contributed by atoms with Gasteiger partial charge in [-0.3, -0.25) is 5.10 Å². The zero-order chi connectivity index (χ0) is 15.0. The lowest BCUT2D eigenvalue weighted by molar-refractivity contribution is 0.220. The van der Waals surface area contributed by atoms with Gasteiger partial charge in [-0.1, -0.05) is 20.8 Å². The van der Waals surface area contributed by atoms with Crippen molar-refractivity contribution in [1.82, 2.24) is 10.2 Å². The monoisotopic (exact) mass is 286 g/mol. The fraction of sp³-hybridized carbons (Fsp3) is 0.588. The quantitative estimate of drug-likeness (QED) is 0.784. The van der Waals surface area contributed by atoms with Gasteiger partial charge < -0.3 is 10.6 Å². The summed E-state index contributed by atoms with van der Waals surface area (Å²) in [5, 5.41) is 8.22. The molecule has 3 rings (SSSR count). The highest BCUT2D eigenvalue weighted by atomic mass is 15.1. The Labute approximate surface area is 126 Å². The lowest BCUT2D eigenvalue weighted by Gasteiger charge is -2.30. The molecule has 1 aliphatic rings. The lowest BCUT2D eigenvalue weighted by Crippen LogP contribution is -2.26. The number of nitrogens with one attached hydrogen (secondary N) is 1. The van der Waals surface area contributed by atoms with Gasteiger partial charge >= 0.3 is 0 Å². The van der Waals surface area contributed by atoms with E-state index in [4.69, 9.17) is 5.73 Å². The minimum absolute atomic E-state index is 0.398. The van der Waals surface area contributed by atoms with Crippen LogP contribution in [0.3, 0.4) is 0 Å². The van der Waals surface area contributed by atoms with Crippen molar-refractivity contribution in [3.63, 3.8) is 0 Å². The van der Waals surface area contributed by atoms with E-state index in [0.717, 1.165) is 41.3 Å². The Bertz CT molecular complexity index is 623. The van der Waals surface area contributed by atoms with Crippen LogP contribution in [0.2, 0.25) is 0 Å². The van der Waals surface area contributed by atoms with E-state index in [1.54, 1.807) is 0 Å². The van der Waals surface area contributed by atoms with E-state index in [9.17, 15) is 0 Å². The van der Waals surface area contributed by atoms with Crippen LogP contribution >= 0.6 is 0 Å². The maximum Gasteiger partial charge on any atom is 0.0672 e. The standard InChI is InChI=1S/C17H26N4/c1-17(2,3)13-5-4-7-21(8-6-13)16-10-15-12(9-14(16)18)11-19-20-15/h9-11,13H,4-8,18H2,1-3H3,(H,19,20). The second-order valence-corrected chi connectivity index (χ2v) is 7.35. The molecular formula is C17H26N4. The number of hydrogen-bond acceptors (Lipinski definition) is 3. The van der Waals surface area contributed by atoms with Gasteiger partial charge in [-0.05, 0) is 42.7 Å².